The van der Waals surface area contributed by atoms with E-state index < -0.39 is 17.7 Å². The Bertz CT molecular complexity index is 747. The maximum atomic E-state index is 12.7. The van der Waals surface area contributed by atoms with E-state index in [1.807, 2.05) is 0 Å². The van der Waals surface area contributed by atoms with Crippen LogP contribution in [0, 0.1) is 0 Å². The molecule has 0 amide bonds. The van der Waals surface area contributed by atoms with Crippen LogP contribution in [0.4, 0.5) is 18.9 Å². The lowest BCUT2D eigenvalue weighted by molar-refractivity contribution is -0.353. The Morgan fingerprint density at radius 1 is 1.38 bits per heavy atom. The van der Waals surface area contributed by atoms with E-state index in [1.165, 1.54) is 43.8 Å². The maximum Gasteiger partial charge on any atom is 0.416 e. The first-order valence-corrected chi connectivity index (χ1v) is 6.74. The molecule has 1 heterocycles. The molecule has 24 heavy (non-hydrogen) atoms. The normalized spacial score (nSPS) is 18.2. The molecule has 1 aromatic carbocycles. The number of hydrogen-bond acceptors (Lipinski definition) is 5. The second-order valence-corrected chi connectivity index (χ2v) is 4.59. The van der Waals surface area contributed by atoms with Crippen molar-refractivity contribution in [1.82, 2.24) is 0 Å². The standard InChI is InChI=1S/C16H14F3N3O2/c1-24-15(23)6-5-11-7-8-20-10-14(11)22-21-13-4-2-3-12(9-13)16(17,18)19/h2-10,21,23H,1H3/p-1. The van der Waals surface area contributed by atoms with Gasteiger partial charge in [0.2, 0.25) is 0 Å². The first-order chi connectivity index (χ1) is 11.4. The van der Waals surface area contributed by atoms with Gasteiger partial charge in [0.05, 0.1) is 23.4 Å². The summed E-state index contributed by atoms with van der Waals surface area (Å²) in [6.45, 7) is 0. The summed E-state index contributed by atoms with van der Waals surface area (Å²) in [6.07, 6.45) is 2.77. The highest BCUT2D eigenvalue weighted by Crippen LogP contribution is 2.30. The molecule has 0 unspecified atom stereocenters. The third-order valence-electron chi connectivity index (χ3n) is 2.93. The van der Waals surface area contributed by atoms with E-state index in [2.05, 4.69) is 20.3 Å². The van der Waals surface area contributed by atoms with Gasteiger partial charge in [0.1, 0.15) is 5.71 Å². The number of allylic oxidation sites excluding steroid dienone is 4. The number of nitrogens with zero attached hydrogens (tertiary/aromatic N) is 2. The topological polar surface area (TPSA) is 69.0 Å². The Labute approximate surface area is 136 Å². The van der Waals surface area contributed by atoms with Gasteiger partial charge >= 0.3 is 6.18 Å². The molecular formula is C16H13F3N3O2-. The van der Waals surface area contributed by atoms with Crippen molar-refractivity contribution in [3.8, 4) is 0 Å². The lowest BCUT2D eigenvalue weighted by Gasteiger charge is -2.10. The van der Waals surface area contributed by atoms with Crippen LogP contribution in [0.1, 0.15) is 5.56 Å². The Morgan fingerprint density at radius 2 is 2.17 bits per heavy atom. The Balaban J connectivity index is 2.21. The summed E-state index contributed by atoms with van der Waals surface area (Å²) in [5.74, 6) is -0.538. The molecule has 0 spiro atoms. The summed E-state index contributed by atoms with van der Waals surface area (Å²) in [7, 11) is 1.25. The Kier molecular flexibility index (Phi) is 5.41. The number of hydrogen-bond donors (Lipinski definition) is 1. The highest BCUT2D eigenvalue weighted by atomic mass is 19.4. The summed E-state index contributed by atoms with van der Waals surface area (Å²) in [5.41, 5.74) is 2.86. The van der Waals surface area contributed by atoms with Gasteiger partial charge in [0.25, 0.3) is 0 Å². The van der Waals surface area contributed by atoms with Gasteiger partial charge in [-0.05, 0) is 37.5 Å². The minimum atomic E-state index is -4.43. The largest absolute Gasteiger partial charge is 0.617 e. The van der Waals surface area contributed by atoms with Crippen molar-refractivity contribution in [2.75, 3.05) is 12.5 Å². The lowest BCUT2D eigenvalue weighted by Crippen LogP contribution is -2.10. The van der Waals surface area contributed by atoms with Crippen molar-refractivity contribution in [2.24, 2.45) is 10.1 Å². The molecule has 8 heteroatoms. The van der Waals surface area contributed by atoms with Gasteiger partial charge < -0.3 is 9.84 Å². The predicted octanol–water partition coefficient (Wildman–Crippen LogP) is 2.85. The molecule has 0 radical (unpaired) electrons. The zero-order valence-electron chi connectivity index (χ0n) is 12.5. The minimum absolute atomic E-state index is 0.177. The zero-order chi connectivity index (χ0) is 17.6. The molecule has 1 aromatic rings. The van der Waals surface area contributed by atoms with Crippen LogP contribution in [-0.2, 0) is 10.9 Å². The number of rotatable bonds is 4. The lowest BCUT2D eigenvalue weighted by atomic mass is 10.1. The smallest absolute Gasteiger partial charge is 0.416 e. The summed E-state index contributed by atoms with van der Waals surface area (Å²) >= 11 is 0. The zero-order valence-corrected chi connectivity index (χ0v) is 12.5. The molecule has 126 valence electrons. The summed E-state index contributed by atoms with van der Waals surface area (Å²) in [5, 5.41) is 15.1. The van der Waals surface area contributed by atoms with Crippen LogP contribution >= 0.6 is 0 Å². The van der Waals surface area contributed by atoms with E-state index in [0.717, 1.165) is 12.1 Å². The molecular weight excluding hydrogens is 323 g/mol. The van der Waals surface area contributed by atoms with Crippen LogP contribution in [0.2, 0.25) is 0 Å². The number of alkyl halides is 3. The van der Waals surface area contributed by atoms with E-state index in [-0.39, 0.29) is 5.69 Å². The quantitative estimate of drug-likeness (QED) is 0.679. The number of aliphatic imine (C=N–C) groups is 1. The third-order valence-corrected chi connectivity index (χ3v) is 2.93. The summed E-state index contributed by atoms with van der Waals surface area (Å²) in [4.78, 5) is 3.90. The molecule has 1 aliphatic heterocycles. The van der Waals surface area contributed by atoms with Gasteiger partial charge in [0.15, 0.2) is 0 Å². The number of ether oxygens (including phenoxy) is 1. The van der Waals surface area contributed by atoms with E-state index >= 15 is 0 Å². The Hall–Kier alpha value is -3.03. The fraction of sp³-hybridized carbons (Fsp3) is 0.125. The van der Waals surface area contributed by atoms with Gasteiger partial charge in [-0.3, -0.25) is 10.4 Å². The maximum absolute atomic E-state index is 12.7. The van der Waals surface area contributed by atoms with Crippen molar-refractivity contribution in [2.45, 2.75) is 6.18 Å². The SMILES string of the molecule is COC([O-])=CC=C1C=CN=CC1=NNc1cccc(C(F)(F)F)c1. The second-order valence-electron chi connectivity index (χ2n) is 4.59. The number of methoxy groups -OCH3 is 1. The molecule has 1 aliphatic rings. The second kappa shape index (κ2) is 7.49. The first-order valence-electron chi connectivity index (χ1n) is 6.74. The van der Waals surface area contributed by atoms with E-state index in [4.69, 9.17) is 0 Å². The number of halogens is 3. The van der Waals surface area contributed by atoms with E-state index in [0.29, 0.717) is 11.3 Å². The molecule has 0 bridgehead atoms. The molecule has 5 nitrogen and oxygen atoms in total. The first kappa shape index (κ1) is 17.3. The fourth-order valence-electron chi connectivity index (χ4n) is 1.75. The molecule has 0 aromatic heterocycles. The number of anilines is 1. The van der Waals surface area contributed by atoms with Crippen molar-refractivity contribution < 1.29 is 23.0 Å². The molecule has 0 fully saturated rings. The van der Waals surface area contributed by atoms with Crippen molar-refractivity contribution in [3.05, 3.63) is 65.8 Å². The fourth-order valence-corrected chi connectivity index (χ4v) is 1.75. The van der Waals surface area contributed by atoms with E-state index in [9.17, 15) is 18.3 Å². The summed E-state index contributed by atoms with van der Waals surface area (Å²) < 4.78 is 42.5. The average Bonchev–Trinajstić information content (AvgIpc) is 2.58. The molecule has 0 aliphatic carbocycles. The summed E-state index contributed by atoms with van der Waals surface area (Å²) in [6, 6.07) is 4.66. The molecule has 0 saturated carbocycles. The third kappa shape index (κ3) is 4.73. The van der Waals surface area contributed by atoms with E-state index in [1.54, 1.807) is 6.08 Å². The molecule has 2 rings (SSSR count). The van der Waals surface area contributed by atoms with Crippen LogP contribution in [0.15, 0.2) is 70.3 Å². The number of nitrogens with one attached hydrogen (secondary N) is 1. The Morgan fingerprint density at radius 3 is 2.88 bits per heavy atom. The molecule has 0 atom stereocenters. The van der Waals surface area contributed by atoms with Crippen molar-refractivity contribution in [1.29, 1.82) is 0 Å². The van der Waals surface area contributed by atoms with Crippen LogP contribution in [-0.4, -0.2) is 19.0 Å². The highest BCUT2D eigenvalue weighted by molar-refractivity contribution is 6.40. The average molecular weight is 336 g/mol. The number of benzene rings is 1. The van der Waals surface area contributed by atoms with Gasteiger partial charge in [-0.2, -0.15) is 18.3 Å². The van der Waals surface area contributed by atoms with Gasteiger partial charge in [0, 0.05) is 11.8 Å². The monoisotopic (exact) mass is 336 g/mol. The predicted molar refractivity (Wildman–Crippen MR) is 83.3 cm³/mol. The van der Waals surface area contributed by atoms with Crippen LogP contribution < -0.4 is 10.5 Å². The van der Waals surface area contributed by atoms with Gasteiger partial charge in [-0.15, -0.1) is 0 Å². The van der Waals surface area contributed by atoms with Crippen LogP contribution in [0.3, 0.4) is 0 Å². The highest BCUT2D eigenvalue weighted by Gasteiger charge is 2.30. The molecule has 0 saturated heterocycles. The van der Waals surface area contributed by atoms with Crippen molar-refractivity contribution >= 4 is 17.6 Å². The van der Waals surface area contributed by atoms with Gasteiger partial charge in [-0.25, -0.2) is 0 Å². The van der Waals surface area contributed by atoms with Crippen LogP contribution in [0.5, 0.6) is 0 Å². The minimum Gasteiger partial charge on any atom is -0.617 e. The molecule has 1 N–H and O–H groups in total. The van der Waals surface area contributed by atoms with Crippen molar-refractivity contribution in [3.63, 3.8) is 0 Å². The van der Waals surface area contributed by atoms with Crippen LogP contribution in [0.25, 0.3) is 0 Å². The van der Waals surface area contributed by atoms with Gasteiger partial charge in [-0.1, -0.05) is 12.1 Å². The number of hydrazone groups is 1.